The number of amides is 2. The van der Waals surface area contributed by atoms with Gasteiger partial charge >= 0.3 is 6.03 Å². The third-order valence-corrected chi connectivity index (χ3v) is 8.04. The predicted molar refractivity (Wildman–Crippen MR) is 181 cm³/mol. The average Bonchev–Trinajstić information content (AvgIpc) is 3.49. The number of anilines is 4. The van der Waals surface area contributed by atoms with Gasteiger partial charge in [-0.15, -0.1) is 0 Å². The summed E-state index contributed by atoms with van der Waals surface area (Å²) in [6.45, 7) is 5.60. The van der Waals surface area contributed by atoms with Crippen molar-refractivity contribution in [3.8, 4) is 34.0 Å². The Morgan fingerprint density at radius 2 is 1.09 bits per heavy atom. The Bertz CT molecular complexity index is 1880. The van der Waals surface area contributed by atoms with Crippen molar-refractivity contribution in [2.75, 3.05) is 36.3 Å². The Hall–Kier alpha value is -5.57. The minimum Gasteiger partial charge on any atom is -0.497 e. The van der Waals surface area contributed by atoms with Crippen LogP contribution in [0.2, 0.25) is 0 Å². The van der Waals surface area contributed by atoms with Gasteiger partial charge in [0.1, 0.15) is 11.5 Å². The molecule has 0 radical (unpaired) electrons. The molecular weight excluding hydrogens is 552 g/mol. The molecule has 9 heteroatoms. The summed E-state index contributed by atoms with van der Waals surface area (Å²) in [6.07, 6.45) is 0. The van der Waals surface area contributed by atoms with Crippen LogP contribution in [0.25, 0.3) is 44.3 Å². The molecule has 0 aliphatic rings. The van der Waals surface area contributed by atoms with E-state index in [4.69, 9.17) is 20.9 Å². The van der Waals surface area contributed by atoms with Crippen molar-refractivity contribution < 1.29 is 14.3 Å². The molecule has 0 saturated carbocycles. The topological polar surface area (TPSA) is 121 Å². The number of nitrogens with one attached hydrogen (secondary N) is 2. The fourth-order valence-corrected chi connectivity index (χ4v) is 6.03. The van der Waals surface area contributed by atoms with Crippen LogP contribution in [0.3, 0.4) is 0 Å². The number of benzene rings is 4. The summed E-state index contributed by atoms with van der Waals surface area (Å²) in [4.78, 5) is 13.2. The summed E-state index contributed by atoms with van der Waals surface area (Å²) < 4.78 is 15.2. The van der Waals surface area contributed by atoms with Gasteiger partial charge in [-0.05, 0) is 62.4 Å². The molecule has 44 heavy (non-hydrogen) atoms. The van der Waals surface area contributed by atoms with Crippen LogP contribution in [0.5, 0.6) is 11.5 Å². The third-order valence-electron chi connectivity index (χ3n) is 8.04. The van der Waals surface area contributed by atoms with E-state index >= 15 is 0 Å². The van der Waals surface area contributed by atoms with Crippen LogP contribution >= 0.6 is 0 Å². The van der Waals surface area contributed by atoms with Crippen LogP contribution < -0.4 is 31.6 Å². The number of rotatable bonds is 8. The summed E-state index contributed by atoms with van der Waals surface area (Å²) in [5.74, 6) is 1.54. The molecule has 0 spiro atoms. The average molecular weight is 589 g/mol. The first-order valence-electron chi connectivity index (χ1n) is 14.6. The van der Waals surface area contributed by atoms with Crippen LogP contribution in [0.15, 0.2) is 84.9 Å². The summed E-state index contributed by atoms with van der Waals surface area (Å²) in [7, 11) is 3.30. The molecule has 0 atom stereocenters. The zero-order valence-electron chi connectivity index (χ0n) is 25.3. The lowest BCUT2D eigenvalue weighted by Gasteiger charge is -2.13. The van der Waals surface area contributed by atoms with E-state index in [9.17, 15) is 4.79 Å². The van der Waals surface area contributed by atoms with E-state index < -0.39 is 0 Å². The smallest absolute Gasteiger partial charge is 0.323 e. The quantitative estimate of drug-likeness (QED) is 0.145. The fourth-order valence-electron chi connectivity index (χ4n) is 6.03. The minimum absolute atomic E-state index is 0.359. The molecule has 2 aromatic heterocycles. The number of hydrogen-bond donors (Lipinski definition) is 4. The number of nitrogens with zero attached hydrogens (tertiary/aromatic N) is 2. The fraction of sp³-hybridized carbons (Fsp3) is 0.171. The molecule has 2 heterocycles. The second-order valence-electron chi connectivity index (χ2n) is 10.5. The Labute approximate surface area is 256 Å². The minimum atomic E-state index is -0.359. The van der Waals surface area contributed by atoms with Gasteiger partial charge < -0.3 is 40.7 Å². The summed E-state index contributed by atoms with van der Waals surface area (Å²) in [5, 5.41) is 7.86. The number of nitrogen functional groups attached to an aromatic ring is 2. The molecule has 0 aliphatic carbocycles. The number of aryl methyl sites for hydroxylation is 2. The first kappa shape index (κ1) is 28.5. The Kier molecular flexibility index (Phi) is 7.53. The van der Waals surface area contributed by atoms with Gasteiger partial charge in [0.05, 0.1) is 48.0 Å². The zero-order chi connectivity index (χ0) is 31.0. The molecular formula is C35H36N6O3. The summed E-state index contributed by atoms with van der Waals surface area (Å²) >= 11 is 0. The van der Waals surface area contributed by atoms with Crippen LogP contribution in [0.1, 0.15) is 13.8 Å². The number of urea groups is 1. The van der Waals surface area contributed by atoms with Crippen molar-refractivity contribution >= 4 is 50.6 Å². The van der Waals surface area contributed by atoms with Crippen molar-refractivity contribution in [1.82, 2.24) is 9.13 Å². The van der Waals surface area contributed by atoms with Crippen LogP contribution in [-0.4, -0.2) is 29.4 Å². The number of nitrogens with two attached hydrogens (primary N) is 2. The van der Waals surface area contributed by atoms with Gasteiger partial charge in [0, 0.05) is 58.5 Å². The van der Waals surface area contributed by atoms with Gasteiger partial charge in [0.25, 0.3) is 0 Å². The van der Waals surface area contributed by atoms with E-state index in [0.717, 1.165) is 68.9 Å². The second kappa shape index (κ2) is 11.6. The standard InChI is InChI=1S/C35H36N6O3/c1-5-40-29-19-25(43-3)13-15-27(29)31(36)33(40)21-9-7-11-23(17-21)38-35(42)39-24-12-8-10-22(18-24)34-32(37)28-16-14-26(44-4)20-30(28)41(34)6-2/h7-20H,5-6,36-37H2,1-4H3,(H2,38,39,42). The molecule has 0 unspecified atom stereocenters. The Morgan fingerprint density at radius 3 is 1.48 bits per heavy atom. The molecule has 6 rings (SSSR count). The van der Waals surface area contributed by atoms with E-state index in [1.807, 2.05) is 84.9 Å². The molecule has 0 bridgehead atoms. The van der Waals surface area contributed by atoms with Crippen molar-refractivity contribution in [2.24, 2.45) is 0 Å². The maximum atomic E-state index is 13.2. The van der Waals surface area contributed by atoms with Crippen LogP contribution in [0, 0.1) is 0 Å². The molecule has 0 fully saturated rings. The maximum absolute atomic E-state index is 13.2. The van der Waals surface area contributed by atoms with Gasteiger partial charge in [-0.2, -0.15) is 0 Å². The predicted octanol–water partition coefficient (Wildman–Crippen LogP) is 7.80. The summed E-state index contributed by atoms with van der Waals surface area (Å²) in [6, 6.07) is 26.8. The SMILES string of the molecule is CCn1c(-c2cccc(NC(=O)Nc3cccc(-c4c(N)c5ccc(OC)cc5n4CC)c3)c2)c(N)c2ccc(OC)cc21. The largest absolute Gasteiger partial charge is 0.497 e. The number of methoxy groups -OCH3 is 2. The number of aromatic nitrogens is 2. The first-order valence-corrected chi connectivity index (χ1v) is 14.6. The van der Waals surface area contributed by atoms with Crippen LogP contribution in [-0.2, 0) is 13.1 Å². The molecule has 4 aromatic carbocycles. The van der Waals surface area contributed by atoms with Gasteiger partial charge in [-0.3, -0.25) is 0 Å². The van der Waals surface area contributed by atoms with E-state index in [-0.39, 0.29) is 6.03 Å². The Balaban J connectivity index is 1.27. The lowest BCUT2D eigenvalue weighted by atomic mass is 10.1. The number of hydrogen-bond acceptors (Lipinski definition) is 5. The highest BCUT2D eigenvalue weighted by molar-refractivity contribution is 6.04. The summed E-state index contributed by atoms with van der Waals surface area (Å²) in [5.41, 5.74) is 21.5. The normalized spacial score (nSPS) is 11.2. The number of fused-ring (bicyclic) bond motifs is 2. The molecule has 6 N–H and O–H groups in total. The molecule has 6 aromatic rings. The third kappa shape index (κ3) is 4.92. The van der Waals surface area contributed by atoms with Gasteiger partial charge in [0.15, 0.2) is 0 Å². The number of carbonyl (C=O) groups excluding carboxylic acids is 1. The zero-order valence-corrected chi connectivity index (χ0v) is 25.3. The van der Waals surface area contributed by atoms with Crippen molar-refractivity contribution in [2.45, 2.75) is 26.9 Å². The highest BCUT2D eigenvalue weighted by atomic mass is 16.5. The van der Waals surface area contributed by atoms with Crippen molar-refractivity contribution in [3.05, 3.63) is 84.9 Å². The van der Waals surface area contributed by atoms with E-state index in [1.165, 1.54) is 0 Å². The highest BCUT2D eigenvalue weighted by Gasteiger charge is 2.19. The molecule has 224 valence electrons. The number of ether oxygens (including phenoxy) is 2. The lowest BCUT2D eigenvalue weighted by molar-refractivity contribution is 0.262. The van der Waals surface area contributed by atoms with Gasteiger partial charge in [-0.25, -0.2) is 4.79 Å². The molecule has 2 amide bonds. The molecule has 0 aliphatic heterocycles. The van der Waals surface area contributed by atoms with Gasteiger partial charge in [0.2, 0.25) is 0 Å². The Morgan fingerprint density at radius 1 is 0.659 bits per heavy atom. The van der Waals surface area contributed by atoms with Crippen LogP contribution in [0.4, 0.5) is 27.5 Å². The van der Waals surface area contributed by atoms with Crippen molar-refractivity contribution in [1.29, 1.82) is 0 Å². The molecule has 0 saturated heterocycles. The molecule has 9 nitrogen and oxygen atoms in total. The second-order valence-corrected chi connectivity index (χ2v) is 10.5. The lowest BCUT2D eigenvalue weighted by Crippen LogP contribution is -2.19. The van der Waals surface area contributed by atoms with E-state index in [2.05, 4.69) is 33.6 Å². The van der Waals surface area contributed by atoms with Crippen molar-refractivity contribution in [3.63, 3.8) is 0 Å². The monoisotopic (exact) mass is 588 g/mol. The first-order chi connectivity index (χ1) is 21.4. The maximum Gasteiger partial charge on any atom is 0.323 e. The number of carbonyl (C=O) groups is 1. The van der Waals surface area contributed by atoms with E-state index in [0.29, 0.717) is 22.7 Å². The van der Waals surface area contributed by atoms with Gasteiger partial charge in [-0.1, -0.05) is 24.3 Å². The highest BCUT2D eigenvalue weighted by Crippen LogP contribution is 2.40. The van der Waals surface area contributed by atoms with E-state index in [1.54, 1.807) is 14.2 Å².